The van der Waals surface area contributed by atoms with Crippen molar-refractivity contribution in [3.63, 3.8) is 0 Å². The number of carbonyl (C=O) groups excluding carboxylic acids is 1. The van der Waals surface area contributed by atoms with Crippen molar-refractivity contribution in [2.24, 2.45) is 0 Å². The van der Waals surface area contributed by atoms with Gasteiger partial charge in [0, 0.05) is 42.2 Å². The minimum atomic E-state index is -0.971. The molecule has 3 rings (SSSR count). The molecule has 2 aromatic rings. The number of aliphatic hydroxyl groups is 1. The van der Waals surface area contributed by atoms with E-state index in [1.54, 1.807) is 6.07 Å². The molecule has 1 fully saturated rings. The second-order valence-corrected chi connectivity index (χ2v) is 5.29. The van der Waals surface area contributed by atoms with Crippen molar-refractivity contribution >= 4 is 16.8 Å². The predicted octanol–water partition coefficient (Wildman–Crippen LogP) is 1.44. The lowest BCUT2D eigenvalue weighted by atomic mass is 9.96. The van der Waals surface area contributed by atoms with Crippen molar-refractivity contribution < 1.29 is 14.6 Å². The third kappa shape index (κ3) is 2.19. The highest BCUT2D eigenvalue weighted by atomic mass is 16.5. The Balaban J connectivity index is 1.75. The van der Waals surface area contributed by atoms with Gasteiger partial charge in [-0.25, -0.2) is 0 Å². The molecule has 1 aliphatic rings. The summed E-state index contributed by atoms with van der Waals surface area (Å²) in [4.78, 5) is 15.4. The van der Waals surface area contributed by atoms with Crippen LogP contribution in [0.3, 0.4) is 0 Å². The van der Waals surface area contributed by atoms with Crippen LogP contribution in [0.1, 0.15) is 23.7 Å². The number of rotatable bonds is 3. The number of hydrogen-bond acceptors (Lipinski definition) is 3. The molecule has 3 N–H and O–H groups in total. The van der Waals surface area contributed by atoms with Gasteiger partial charge < -0.3 is 20.1 Å². The van der Waals surface area contributed by atoms with E-state index in [1.807, 2.05) is 31.3 Å². The molecule has 2 heterocycles. The summed E-state index contributed by atoms with van der Waals surface area (Å²) in [7, 11) is 0. The number of benzene rings is 1. The number of carbonyl (C=O) groups is 1. The van der Waals surface area contributed by atoms with Crippen molar-refractivity contribution in [2.75, 3.05) is 13.2 Å². The number of ether oxygens (including phenoxy) is 1. The van der Waals surface area contributed by atoms with E-state index in [2.05, 4.69) is 10.3 Å². The Morgan fingerprint density at radius 1 is 1.55 bits per heavy atom. The first-order chi connectivity index (χ1) is 9.60. The van der Waals surface area contributed by atoms with Gasteiger partial charge in [0.05, 0.1) is 6.10 Å². The third-order valence-electron chi connectivity index (χ3n) is 4.05. The van der Waals surface area contributed by atoms with E-state index >= 15 is 0 Å². The molecular formula is C15H18N2O3. The molecule has 1 amide bonds. The lowest BCUT2D eigenvalue weighted by Gasteiger charge is -2.26. The fourth-order valence-corrected chi connectivity index (χ4v) is 2.61. The summed E-state index contributed by atoms with van der Waals surface area (Å²) in [5, 5.41) is 14.1. The summed E-state index contributed by atoms with van der Waals surface area (Å²) in [5.74, 6) is -0.178. The topological polar surface area (TPSA) is 74.3 Å². The summed E-state index contributed by atoms with van der Waals surface area (Å²) in [6, 6.07) is 7.42. The first-order valence-electron chi connectivity index (χ1n) is 6.78. The Morgan fingerprint density at radius 3 is 3.15 bits per heavy atom. The van der Waals surface area contributed by atoms with Gasteiger partial charge in [0.15, 0.2) is 0 Å². The number of fused-ring (bicyclic) bond motifs is 1. The van der Waals surface area contributed by atoms with E-state index in [9.17, 15) is 9.90 Å². The average molecular weight is 274 g/mol. The van der Waals surface area contributed by atoms with E-state index < -0.39 is 5.60 Å². The van der Waals surface area contributed by atoms with Gasteiger partial charge in [-0.05, 0) is 25.1 Å². The molecule has 1 aromatic carbocycles. The molecule has 5 nitrogen and oxygen atoms in total. The maximum atomic E-state index is 12.3. The smallest absolute Gasteiger partial charge is 0.252 e. The highest BCUT2D eigenvalue weighted by molar-refractivity contribution is 6.06. The van der Waals surface area contributed by atoms with Gasteiger partial charge in [-0.2, -0.15) is 0 Å². The maximum absolute atomic E-state index is 12.3. The SMILES string of the molecule is CC1OCCC1(O)CNC(=O)c1cccc2[nH]ccc12. The van der Waals surface area contributed by atoms with Gasteiger partial charge >= 0.3 is 0 Å². The Kier molecular flexibility index (Phi) is 3.23. The molecule has 5 heteroatoms. The normalized spacial score (nSPS) is 26.0. The van der Waals surface area contributed by atoms with Crippen LogP contribution in [0.4, 0.5) is 0 Å². The monoisotopic (exact) mass is 274 g/mol. The fourth-order valence-electron chi connectivity index (χ4n) is 2.61. The molecule has 0 aliphatic carbocycles. The van der Waals surface area contributed by atoms with E-state index in [1.165, 1.54) is 0 Å². The second kappa shape index (κ2) is 4.92. The quantitative estimate of drug-likeness (QED) is 0.793. The molecule has 2 unspecified atom stereocenters. The van der Waals surface area contributed by atoms with Crippen molar-refractivity contribution in [2.45, 2.75) is 25.0 Å². The lowest BCUT2D eigenvalue weighted by molar-refractivity contribution is -0.0251. The van der Waals surface area contributed by atoms with Crippen molar-refractivity contribution in [1.29, 1.82) is 0 Å². The minimum absolute atomic E-state index is 0.178. The van der Waals surface area contributed by atoms with Crippen LogP contribution >= 0.6 is 0 Å². The van der Waals surface area contributed by atoms with Gasteiger partial charge in [0.1, 0.15) is 5.60 Å². The predicted molar refractivity (Wildman–Crippen MR) is 75.6 cm³/mol. The van der Waals surface area contributed by atoms with Crippen LogP contribution < -0.4 is 5.32 Å². The Morgan fingerprint density at radius 2 is 2.40 bits per heavy atom. The zero-order valence-corrected chi connectivity index (χ0v) is 11.3. The molecule has 0 radical (unpaired) electrons. The Hall–Kier alpha value is -1.85. The number of hydrogen-bond donors (Lipinski definition) is 3. The summed E-state index contributed by atoms with van der Waals surface area (Å²) >= 11 is 0. The van der Waals surface area contributed by atoms with E-state index in [4.69, 9.17) is 4.74 Å². The third-order valence-corrected chi connectivity index (χ3v) is 4.05. The minimum Gasteiger partial charge on any atom is -0.385 e. The number of aromatic amines is 1. The van der Waals surface area contributed by atoms with Gasteiger partial charge in [-0.15, -0.1) is 0 Å². The number of aromatic nitrogens is 1. The molecule has 0 bridgehead atoms. The standard InChI is InChI=1S/C15H18N2O3/c1-10-15(19,6-8-20-10)9-17-14(18)12-3-2-4-13-11(12)5-7-16-13/h2-5,7,10,16,19H,6,8-9H2,1H3,(H,17,18). The zero-order valence-electron chi connectivity index (χ0n) is 11.3. The molecule has 2 atom stereocenters. The summed E-state index contributed by atoms with van der Waals surface area (Å²) < 4.78 is 5.36. The second-order valence-electron chi connectivity index (χ2n) is 5.29. The Bertz CT molecular complexity index is 637. The van der Waals surface area contributed by atoms with Crippen LogP contribution in [-0.2, 0) is 4.74 Å². The van der Waals surface area contributed by atoms with Gasteiger partial charge in [-0.3, -0.25) is 4.79 Å². The lowest BCUT2D eigenvalue weighted by Crippen LogP contribution is -2.47. The number of nitrogens with one attached hydrogen (secondary N) is 2. The summed E-state index contributed by atoms with van der Waals surface area (Å²) in [6.45, 7) is 2.56. The van der Waals surface area contributed by atoms with Gasteiger partial charge in [0.25, 0.3) is 5.91 Å². The van der Waals surface area contributed by atoms with Crippen LogP contribution in [0, 0.1) is 0 Å². The first-order valence-corrected chi connectivity index (χ1v) is 6.78. The largest absolute Gasteiger partial charge is 0.385 e. The molecular weight excluding hydrogens is 256 g/mol. The molecule has 1 aliphatic heterocycles. The number of H-pyrrole nitrogens is 1. The zero-order chi connectivity index (χ0) is 14.2. The van der Waals surface area contributed by atoms with E-state index in [0.29, 0.717) is 18.6 Å². The summed E-state index contributed by atoms with van der Waals surface area (Å²) in [6.07, 6.45) is 2.09. The van der Waals surface area contributed by atoms with Crippen LogP contribution in [0.5, 0.6) is 0 Å². The van der Waals surface area contributed by atoms with Crippen molar-refractivity contribution in [3.05, 3.63) is 36.0 Å². The molecule has 0 spiro atoms. The first kappa shape index (κ1) is 13.1. The van der Waals surface area contributed by atoms with Crippen LogP contribution in [0.15, 0.2) is 30.5 Å². The molecule has 1 aromatic heterocycles. The van der Waals surface area contributed by atoms with Gasteiger partial charge in [0.2, 0.25) is 0 Å². The van der Waals surface area contributed by atoms with Gasteiger partial charge in [-0.1, -0.05) is 6.07 Å². The maximum Gasteiger partial charge on any atom is 0.252 e. The molecule has 20 heavy (non-hydrogen) atoms. The highest BCUT2D eigenvalue weighted by Crippen LogP contribution is 2.25. The molecule has 1 saturated heterocycles. The van der Waals surface area contributed by atoms with E-state index in [-0.39, 0.29) is 18.6 Å². The fraction of sp³-hybridized carbons (Fsp3) is 0.400. The number of amides is 1. The van der Waals surface area contributed by atoms with Crippen LogP contribution in [0.2, 0.25) is 0 Å². The average Bonchev–Trinajstić information content (AvgIpc) is 3.04. The van der Waals surface area contributed by atoms with Crippen LogP contribution in [0.25, 0.3) is 10.9 Å². The van der Waals surface area contributed by atoms with Crippen molar-refractivity contribution in [3.8, 4) is 0 Å². The highest BCUT2D eigenvalue weighted by Gasteiger charge is 2.39. The van der Waals surface area contributed by atoms with Crippen molar-refractivity contribution in [1.82, 2.24) is 10.3 Å². The molecule has 0 saturated carbocycles. The Labute approximate surface area is 116 Å². The van der Waals surface area contributed by atoms with Crippen LogP contribution in [-0.4, -0.2) is 40.9 Å². The summed E-state index contributed by atoms with van der Waals surface area (Å²) in [5.41, 5.74) is 0.565. The molecule has 106 valence electrons. The van der Waals surface area contributed by atoms with E-state index in [0.717, 1.165) is 10.9 Å².